The van der Waals surface area contributed by atoms with Crippen molar-refractivity contribution in [2.45, 2.75) is 45.6 Å². The van der Waals surface area contributed by atoms with Gasteiger partial charge in [-0.1, -0.05) is 20.3 Å². The van der Waals surface area contributed by atoms with Crippen LogP contribution in [-0.2, 0) is 4.74 Å². The lowest BCUT2D eigenvalue weighted by Gasteiger charge is -2.28. The first-order chi connectivity index (χ1) is 7.61. The Labute approximate surface area is 97.4 Å². The molecule has 1 saturated carbocycles. The van der Waals surface area contributed by atoms with Gasteiger partial charge in [0.05, 0.1) is 6.61 Å². The molecule has 94 valence electrons. The summed E-state index contributed by atoms with van der Waals surface area (Å²) in [6, 6.07) is 0.172. The number of hydrogen-bond donors (Lipinski definition) is 2. The van der Waals surface area contributed by atoms with Crippen LogP contribution in [0.3, 0.4) is 0 Å². The van der Waals surface area contributed by atoms with E-state index in [0.717, 1.165) is 25.7 Å². The highest BCUT2D eigenvalue weighted by atomic mass is 16.5. The molecule has 16 heavy (non-hydrogen) atoms. The van der Waals surface area contributed by atoms with Crippen molar-refractivity contribution in [1.29, 1.82) is 0 Å². The molecule has 0 heterocycles. The molecular weight excluding hydrogens is 206 g/mol. The Morgan fingerprint density at radius 2 is 2.25 bits per heavy atom. The molecule has 0 aromatic rings. The number of aliphatic hydroxyl groups is 1. The quantitative estimate of drug-likeness (QED) is 0.774. The summed E-state index contributed by atoms with van der Waals surface area (Å²) in [5.74, 6) is 0.700. The molecule has 0 aromatic carbocycles. The molecule has 0 spiro atoms. The monoisotopic (exact) mass is 229 g/mol. The topological polar surface area (TPSA) is 58.6 Å². The number of carbonyl (C=O) groups excluding carboxylic acids is 1. The summed E-state index contributed by atoms with van der Waals surface area (Å²) in [5, 5.41) is 11.9. The second kappa shape index (κ2) is 6.74. The zero-order chi connectivity index (χ0) is 12.0. The normalized spacial score (nSPS) is 25.5. The molecule has 1 aliphatic rings. The van der Waals surface area contributed by atoms with Crippen molar-refractivity contribution in [2.24, 2.45) is 11.8 Å². The zero-order valence-corrected chi connectivity index (χ0v) is 10.2. The second-order valence-corrected chi connectivity index (χ2v) is 5.05. The van der Waals surface area contributed by atoms with Crippen molar-refractivity contribution in [2.75, 3.05) is 13.2 Å². The molecule has 0 aliphatic heterocycles. The van der Waals surface area contributed by atoms with Gasteiger partial charge in [-0.15, -0.1) is 0 Å². The molecule has 4 heteroatoms. The van der Waals surface area contributed by atoms with Gasteiger partial charge in [-0.25, -0.2) is 4.79 Å². The summed E-state index contributed by atoms with van der Waals surface area (Å²) in [4.78, 5) is 11.4. The van der Waals surface area contributed by atoms with Crippen LogP contribution in [-0.4, -0.2) is 30.5 Å². The van der Waals surface area contributed by atoms with Gasteiger partial charge in [-0.3, -0.25) is 0 Å². The van der Waals surface area contributed by atoms with Gasteiger partial charge in [0.15, 0.2) is 0 Å². The lowest BCUT2D eigenvalue weighted by atomic mass is 9.86. The number of nitrogens with one attached hydrogen (secondary N) is 1. The molecule has 0 aromatic heterocycles. The Kier molecular flexibility index (Phi) is 5.60. The van der Waals surface area contributed by atoms with E-state index in [1.807, 2.05) is 13.8 Å². The smallest absolute Gasteiger partial charge is 0.407 e. The van der Waals surface area contributed by atoms with Crippen LogP contribution in [0.5, 0.6) is 0 Å². The lowest BCUT2D eigenvalue weighted by molar-refractivity contribution is 0.119. The van der Waals surface area contributed by atoms with Crippen molar-refractivity contribution in [3.8, 4) is 0 Å². The van der Waals surface area contributed by atoms with Crippen LogP contribution in [0.2, 0.25) is 0 Å². The SMILES string of the molecule is CC(C)COC(=O)NC1CCCC(CO)C1. The Bertz CT molecular complexity index is 218. The highest BCUT2D eigenvalue weighted by Gasteiger charge is 2.23. The molecule has 1 aliphatic carbocycles. The van der Waals surface area contributed by atoms with E-state index < -0.39 is 0 Å². The van der Waals surface area contributed by atoms with Crippen molar-refractivity contribution in [3.05, 3.63) is 0 Å². The number of aliphatic hydroxyl groups excluding tert-OH is 1. The maximum absolute atomic E-state index is 11.4. The highest BCUT2D eigenvalue weighted by Crippen LogP contribution is 2.23. The van der Waals surface area contributed by atoms with Crippen LogP contribution in [0.1, 0.15) is 39.5 Å². The molecule has 1 fully saturated rings. The third-order valence-electron chi connectivity index (χ3n) is 2.91. The molecule has 2 N–H and O–H groups in total. The van der Waals surface area contributed by atoms with Gasteiger partial charge in [0.2, 0.25) is 0 Å². The number of rotatable bonds is 4. The van der Waals surface area contributed by atoms with Crippen LogP contribution < -0.4 is 5.32 Å². The van der Waals surface area contributed by atoms with E-state index in [0.29, 0.717) is 18.4 Å². The molecule has 1 amide bonds. The summed E-state index contributed by atoms with van der Waals surface area (Å²) >= 11 is 0. The molecule has 0 bridgehead atoms. The first-order valence-electron chi connectivity index (χ1n) is 6.16. The molecule has 2 atom stereocenters. The summed E-state index contributed by atoms with van der Waals surface area (Å²) in [6.45, 7) is 4.70. The van der Waals surface area contributed by atoms with Crippen LogP contribution in [0, 0.1) is 11.8 Å². The van der Waals surface area contributed by atoms with Gasteiger partial charge >= 0.3 is 6.09 Å². The highest BCUT2D eigenvalue weighted by molar-refractivity contribution is 5.67. The third-order valence-corrected chi connectivity index (χ3v) is 2.91. The fraction of sp³-hybridized carbons (Fsp3) is 0.917. The first kappa shape index (κ1) is 13.3. The zero-order valence-electron chi connectivity index (χ0n) is 10.2. The van der Waals surface area contributed by atoms with Crippen molar-refractivity contribution in [3.63, 3.8) is 0 Å². The fourth-order valence-corrected chi connectivity index (χ4v) is 2.04. The minimum Gasteiger partial charge on any atom is -0.449 e. The average Bonchev–Trinajstić information content (AvgIpc) is 2.26. The Morgan fingerprint density at radius 1 is 1.50 bits per heavy atom. The summed E-state index contributed by atoms with van der Waals surface area (Å²) in [7, 11) is 0. The standard InChI is InChI=1S/C12H23NO3/c1-9(2)8-16-12(15)13-11-5-3-4-10(6-11)7-14/h9-11,14H,3-8H2,1-2H3,(H,13,15). The van der Waals surface area contributed by atoms with E-state index in [9.17, 15) is 4.79 Å². The first-order valence-corrected chi connectivity index (χ1v) is 6.16. The van der Waals surface area contributed by atoms with E-state index in [-0.39, 0.29) is 18.7 Å². The second-order valence-electron chi connectivity index (χ2n) is 5.05. The molecule has 1 rings (SSSR count). The van der Waals surface area contributed by atoms with Crippen molar-refractivity contribution >= 4 is 6.09 Å². The molecule has 0 radical (unpaired) electrons. The van der Waals surface area contributed by atoms with Gasteiger partial charge < -0.3 is 15.2 Å². The number of carbonyl (C=O) groups is 1. The lowest BCUT2D eigenvalue weighted by Crippen LogP contribution is -2.39. The molecule has 4 nitrogen and oxygen atoms in total. The Hall–Kier alpha value is -0.770. The van der Waals surface area contributed by atoms with E-state index >= 15 is 0 Å². The Morgan fingerprint density at radius 3 is 2.88 bits per heavy atom. The maximum Gasteiger partial charge on any atom is 0.407 e. The minimum atomic E-state index is -0.322. The largest absolute Gasteiger partial charge is 0.449 e. The van der Waals surface area contributed by atoms with Crippen LogP contribution >= 0.6 is 0 Å². The molecular formula is C12H23NO3. The van der Waals surface area contributed by atoms with E-state index in [4.69, 9.17) is 9.84 Å². The van der Waals surface area contributed by atoms with Gasteiger partial charge in [-0.05, 0) is 31.1 Å². The Balaban J connectivity index is 2.22. The minimum absolute atomic E-state index is 0.172. The number of hydrogen-bond acceptors (Lipinski definition) is 3. The summed E-state index contributed by atoms with van der Waals surface area (Å²) < 4.78 is 5.06. The van der Waals surface area contributed by atoms with Gasteiger partial charge in [0.1, 0.15) is 0 Å². The van der Waals surface area contributed by atoms with Gasteiger partial charge in [0, 0.05) is 12.6 Å². The maximum atomic E-state index is 11.4. The van der Waals surface area contributed by atoms with E-state index in [1.54, 1.807) is 0 Å². The van der Waals surface area contributed by atoms with Crippen LogP contribution in [0.4, 0.5) is 4.79 Å². The predicted molar refractivity (Wildman–Crippen MR) is 62.2 cm³/mol. The van der Waals surface area contributed by atoms with E-state index in [1.165, 1.54) is 0 Å². The van der Waals surface area contributed by atoms with Gasteiger partial charge in [0.25, 0.3) is 0 Å². The van der Waals surface area contributed by atoms with Crippen molar-refractivity contribution in [1.82, 2.24) is 5.32 Å². The summed E-state index contributed by atoms with van der Waals surface area (Å²) in [6.07, 6.45) is 3.67. The van der Waals surface area contributed by atoms with E-state index in [2.05, 4.69) is 5.32 Å². The average molecular weight is 229 g/mol. The molecule has 0 saturated heterocycles. The summed E-state index contributed by atoms with van der Waals surface area (Å²) in [5.41, 5.74) is 0. The predicted octanol–water partition coefficient (Wildman–Crippen LogP) is 1.92. The van der Waals surface area contributed by atoms with Crippen LogP contribution in [0.15, 0.2) is 0 Å². The van der Waals surface area contributed by atoms with Crippen LogP contribution in [0.25, 0.3) is 0 Å². The molecule has 2 unspecified atom stereocenters. The number of amides is 1. The van der Waals surface area contributed by atoms with Crippen molar-refractivity contribution < 1.29 is 14.6 Å². The number of ether oxygens (including phenoxy) is 1. The van der Waals surface area contributed by atoms with Gasteiger partial charge in [-0.2, -0.15) is 0 Å². The number of alkyl carbamates (subject to hydrolysis) is 1. The third kappa shape index (κ3) is 4.84. The fourth-order valence-electron chi connectivity index (χ4n) is 2.04.